The quantitative estimate of drug-likeness (QED) is 0.329. The third-order valence-corrected chi connectivity index (χ3v) is 1.52. The fourth-order valence-corrected chi connectivity index (χ4v) is 0.880. The van der Waals surface area contributed by atoms with Crippen molar-refractivity contribution in [1.29, 1.82) is 0 Å². The molecule has 10 heavy (non-hydrogen) atoms. The summed E-state index contributed by atoms with van der Waals surface area (Å²) >= 11 is 0. The maximum absolute atomic E-state index is 8.93. The minimum atomic E-state index is -1.38. The minimum absolute atomic E-state index is 0.407. The molecule has 0 amide bonds. The van der Waals surface area contributed by atoms with Gasteiger partial charge in [0, 0.05) is 0 Å². The van der Waals surface area contributed by atoms with Gasteiger partial charge in [0.1, 0.15) is 18.3 Å². The van der Waals surface area contributed by atoms with Crippen LogP contribution in [-0.4, -0.2) is 51.6 Å². The molecule has 5 nitrogen and oxygen atoms in total. The van der Waals surface area contributed by atoms with Gasteiger partial charge in [0.15, 0.2) is 6.29 Å². The van der Waals surface area contributed by atoms with Gasteiger partial charge in [0.05, 0.1) is 6.61 Å². The van der Waals surface area contributed by atoms with Crippen molar-refractivity contribution in [2.45, 2.75) is 24.6 Å². The van der Waals surface area contributed by atoms with Gasteiger partial charge in [0.25, 0.3) is 0 Å². The van der Waals surface area contributed by atoms with E-state index < -0.39 is 31.2 Å². The van der Waals surface area contributed by atoms with Crippen molar-refractivity contribution < 1.29 is 25.2 Å². The number of aliphatic hydroxyl groups excluding tert-OH is 4. The fourth-order valence-electron chi connectivity index (χ4n) is 0.880. The van der Waals surface area contributed by atoms with Gasteiger partial charge in [-0.2, -0.15) is 0 Å². The predicted octanol–water partition coefficient (Wildman–Crippen LogP) is -2.58. The number of rotatable bonds is 1. The molecule has 0 aromatic heterocycles. The van der Waals surface area contributed by atoms with Crippen molar-refractivity contribution in [2.24, 2.45) is 0 Å². The molecule has 4 atom stereocenters. The second-order valence-corrected chi connectivity index (χ2v) is 2.23. The largest absolute Gasteiger partial charge is 0.394 e. The van der Waals surface area contributed by atoms with E-state index in [2.05, 4.69) is 4.74 Å². The van der Waals surface area contributed by atoms with Crippen molar-refractivity contribution in [3.8, 4) is 0 Å². The molecule has 4 N–H and O–H groups in total. The van der Waals surface area contributed by atoms with E-state index in [0.29, 0.717) is 0 Å². The molecule has 0 aromatic rings. The minimum Gasteiger partial charge on any atom is -0.394 e. The van der Waals surface area contributed by atoms with Crippen LogP contribution in [0.25, 0.3) is 0 Å². The maximum atomic E-state index is 8.93. The number of hydrogen-bond donors (Lipinski definition) is 4. The lowest BCUT2D eigenvalue weighted by Gasteiger charge is -2.09. The molecule has 0 aromatic carbocycles. The van der Waals surface area contributed by atoms with Gasteiger partial charge in [-0.1, -0.05) is 0 Å². The zero-order chi connectivity index (χ0) is 7.72. The zero-order valence-electron chi connectivity index (χ0n) is 5.21. The number of aliphatic hydroxyl groups is 4. The Balaban J connectivity index is 2.53. The average molecular weight is 150 g/mol. The van der Waals surface area contributed by atoms with Crippen LogP contribution in [0.4, 0.5) is 0 Å². The predicted molar refractivity (Wildman–Crippen MR) is 30.0 cm³/mol. The molecular formula is C5H10O5. The van der Waals surface area contributed by atoms with Gasteiger partial charge in [-0.15, -0.1) is 0 Å². The van der Waals surface area contributed by atoms with Crippen molar-refractivity contribution in [3.63, 3.8) is 0 Å². The van der Waals surface area contributed by atoms with Gasteiger partial charge in [-0.25, -0.2) is 0 Å². The monoisotopic (exact) mass is 150 g/mol. The molecule has 0 aliphatic carbocycles. The molecule has 5 heteroatoms. The maximum Gasteiger partial charge on any atom is 0.184 e. The highest BCUT2D eigenvalue weighted by molar-refractivity contribution is 4.84. The Labute approximate surface area is 57.5 Å². The van der Waals surface area contributed by atoms with E-state index in [-0.39, 0.29) is 0 Å². The summed E-state index contributed by atoms with van der Waals surface area (Å²) < 4.78 is 4.54. The molecule has 1 heterocycles. The molecule has 60 valence electrons. The molecule has 1 fully saturated rings. The van der Waals surface area contributed by atoms with E-state index in [0.717, 1.165) is 0 Å². The molecule has 1 rings (SSSR count). The summed E-state index contributed by atoms with van der Waals surface area (Å²) in [5, 5.41) is 35.0. The standard InChI is InChI=1S/C5H10O5/c6-1-2-3(7)4(8)5(9)10-2/h2-9H,1H2/t2?,3-,4-,5+/m0/s1. The van der Waals surface area contributed by atoms with Crippen molar-refractivity contribution in [2.75, 3.05) is 6.61 Å². The second-order valence-electron chi connectivity index (χ2n) is 2.23. The van der Waals surface area contributed by atoms with Crippen LogP contribution in [0.3, 0.4) is 0 Å². The van der Waals surface area contributed by atoms with Crippen LogP contribution in [0.5, 0.6) is 0 Å². The Hall–Kier alpha value is -0.200. The lowest BCUT2D eigenvalue weighted by atomic mass is 10.1. The summed E-state index contributed by atoms with van der Waals surface area (Å²) in [6.07, 6.45) is -4.76. The normalized spacial score (nSPS) is 48.0. The van der Waals surface area contributed by atoms with Crippen molar-refractivity contribution >= 4 is 0 Å². The summed E-state index contributed by atoms with van der Waals surface area (Å²) in [6, 6.07) is 0. The van der Waals surface area contributed by atoms with E-state index in [1.807, 2.05) is 0 Å². The van der Waals surface area contributed by atoms with E-state index in [1.54, 1.807) is 0 Å². The highest BCUT2D eigenvalue weighted by atomic mass is 16.6. The van der Waals surface area contributed by atoms with Crippen LogP contribution in [-0.2, 0) is 4.74 Å². The molecule has 1 aliphatic heterocycles. The Morgan fingerprint density at radius 1 is 1.10 bits per heavy atom. The van der Waals surface area contributed by atoms with Crippen LogP contribution in [0.15, 0.2) is 0 Å². The van der Waals surface area contributed by atoms with Gasteiger partial charge in [-0.3, -0.25) is 0 Å². The molecule has 0 saturated carbocycles. The third-order valence-electron chi connectivity index (χ3n) is 1.52. The highest BCUT2D eigenvalue weighted by Crippen LogP contribution is 2.18. The molecular weight excluding hydrogens is 140 g/mol. The topological polar surface area (TPSA) is 90.2 Å². The Bertz CT molecular complexity index is 117. The first-order valence-corrected chi connectivity index (χ1v) is 2.97. The average Bonchev–Trinajstić information content (AvgIpc) is 2.17. The lowest BCUT2D eigenvalue weighted by molar-refractivity contribution is -0.132. The molecule has 0 radical (unpaired) electrons. The summed E-state index contributed by atoms with van der Waals surface area (Å²) in [7, 11) is 0. The molecule has 0 spiro atoms. The van der Waals surface area contributed by atoms with Crippen molar-refractivity contribution in [1.82, 2.24) is 0 Å². The van der Waals surface area contributed by atoms with Gasteiger partial charge < -0.3 is 25.2 Å². The Morgan fingerprint density at radius 3 is 1.90 bits per heavy atom. The zero-order valence-corrected chi connectivity index (χ0v) is 5.21. The Morgan fingerprint density at radius 2 is 1.70 bits per heavy atom. The summed E-state index contributed by atoms with van der Waals surface area (Å²) in [5.74, 6) is 0. The van der Waals surface area contributed by atoms with Crippen LogP contribution < -0.4 is 0 Å². The van der Waals surface area contributed by atoms with Crippen LogP contribution in [0.1, 0.15) is 0 Å². The first-order valence-electron chi connectivity index (χ1n) is 2.97. The summed E-state index contributed by atoms with van der Waals surface area (Å²) in [4.78, 5) is 0. The SMILES string of the molecule is OCC1O[C@@H](O)[C@@H](O)[C@H]1O. The first-order chi connectivity index (χ1) is 4.66. The Kier molecular flexibility index (Phi) is 2.22. The molecule has 1 unspecified atom stereocenters. The van der Waals surface area contributed by atoms with Gasteiger partial charge in [0.2, 0.25) is 0 Å². The highest BCUT2D eigenvalue weighted by Gasteiger charge is 2.41. The number of ether oxygens (including phenoxy) is 1. The number of hydrogen-bond acceptors (Lipinski definition) is 5. The van der Waals surface area contributed by atoms with Crippen LogP contribution in [0, 0.1) is 0 Å². The molecule has 1 saturated heterocycles. The summed E-state index contributed by atoms with van der Waals surface area (Å²) in [6.45, 7) is -0.407. The molecule has 1 aliphatic rings. The van der Waals surface area contributed by atoms with Gasteiger partial charge >= 0.3 is 0 Å². The smallest absolute Gasteiger partial charge is 0.184 e. The molecule has 0 bridgehead atoms. The van der Waals surface area contributed by atoms with Crippen molar-refractivity contribution in [3.05, 3.63) is 0 Å². The second kappa shape index (κ2) is 2.81. The van der Waals surface area contributed by atoms with E-state index in [9.17, 15) is 0 Å². The van der Waals surface area contributed by atoms with Crippen LogP contribution >= 0.6 is 0 Å². The fraction of sp³-hybridized carbons (Fsp3) is 1.00. The summed E-state index contributed by atoms with van der Waals surface area (Å²) in [5.41, 5.74) is 0. The van der Waals surface area contributed by atoms with E-state index in [4.69, 9.17) is 20.4 Å². The van der Waals surface area contributed by atoms with Crippen LogP contribution in [0.2, 0.25) is 0 Å². The third kappa shape index (κ3) is 1.14. The lowest BCUT2D eigenvalue weighted by Crippen LogP contribution is -2.33. The first kappa shape index (κ1) is 7.90. The van der Waals surface area contributed by atoms with E-state index >= 15 is 0 Å². The van der Waals surface area contributed by atoms with Gasteiger partial charge in [-0.05, 0) is 0 Å². The van der Waals surface area contributed by atoms with E-state index in [1.165, 1.54) is 0 Å².